The molecule has 18 heavy (non-hydrogen) atoms. The average Bonchev–Trinajstić information content (AvgIpc) is 3.05. The topological polar surface area (TPSA) is 67.9 Å². The minimum atomic E-state index is 0.0144. The first-order chi connectivity index (χ1) is 8.83. The normalized spacial score (nSPS) is 13.1. The lowest BCUT2D eigenvalue weighted by Crippen LogP contribution is -2.02. The molecule has 0 saturated heterocycles. The molecule has 1 N–H and O–H groups in total. The molecule has 5 nitrogen and oxygen atoms in total. The number of carbonyl (C=O) groups excluding carboxylic acids is 1. The van der Waals surface area contributed by atoms with Crippen molar-refractivity contribution in [3.63, 3.8) is 0 Å². The van der Waals surface area contributed by atoms with Crippen LogP contribution in [0.3, 0.4) is 0 Å². The number of ether oxygens (including phenoxy) is 1. The molecule has 0 bridgehead atoms. The zero-order chi connectivity index (χ0) is 12.4. The Morgan fingerprint density at radius 2 is 2.39 bits per heavy atom. The van der Waals surface area contributed by atoms with Gasteiger partial charge in [0, 0.05) is 12.8 Å². The third kappa shape index (κ3) is 2.11. The molecule has 0 radical (unpaired) electrons. The summed E-state index contributed by atoms with van der Waals surface area (Å²) in [6.07, 6.45) is 3.59. The fraction of sp³-hybridized carbons (Fsp3) is 0.308. The molecule has 0 fully saturated rings. The van der Waals surface area contributed by atoms with Gasteiger partial charge >= 0.3 is 0 Å². The number of Topliss-reactive ketones (excluding diaryl/α,β-unsaturated/α-hetero) is 1. The Kier molecular flexibility index (Phi) is 2.80. The van der Waals surface area contributed by atoms with Crippen molar-refractivity contribution in [2.45, 2.75) is 19.3 Å². The number of H-pyrrole nitrogens is 1. The first kappa shape index (κ1) is 11.0. The van der Waals surface area contributed by atoms with E-state index >= 15 is 0 Å². The molecule has 2 heterocycles. The van der Waals surface area contributed by atoms with Crippen LogP contribution >= 0.6 is 0 Å². The summed E-state index contributed by atoms with van der Waals surface area (Å²) < 4.78 is 5.45. The van der Waals surface area contributed by atoms with E-state index in [-0.39, 0.29) is 5.78 Å². The molecule has 0 saturated carbocycles. The molecule has 92 valence electrons. The van der Waals surface area contributed by atoms with E-state index in [0.29, 0.717) is 12.1 Å². The highest BCUT2D eigenvalue weighted by atomic mass is 16.5. The maximum absolute atomic E-state index is 11.8. The molecule has 0 aliphatic carbocycles. The van der Waals surface area contributed by atoms with Gasteiger partial charge in [-0.2, -0.15) is 15.4 Å². The maximum Gasteiger partial charge on any atom is 0.185 e. The zero-order valence-electron chi connectivity index (χ0n) is 9.85. The zero-order valence-corrected chi connectivity index (χ0v) is 9.85. The number of ketones is 1. The molecule has 1 aliphatic heterocycles. The van der Waals surface area contributed by atoms with Gasteiger partial charge in [0.2, 0.25) is 0 Å². The van der Waals surface area contributed by atoms with Gasteiger partial charge in [0.25, 0.3) is 0 Å². The summed E-state index contributed by atoms with van der Waals surface area (Å²) in [7, 11) is 0. The fourth-order valence-corrected chi connectivity index (χ4v) is 2.12. The van der Waals surface area contributed by atoms with Crippen LogP contribution in [-0.4, -0.2) is 27.8 Å². The Bertz CT molecular complexity index is 564. The maximum atomic E-state index is 11.8. The first-order valence-electron chi connectivity index (χ1n) is 5.96. The summed E-state index contributed by atoms with van der Waals surface area (Å²) in [4.78, 5) is 11.8. The van der Waals surface area contributed by atoms with Gasteiger partial charge in [-0.15, -0.1) is 0 Å². The molecule has 1 aliphatic rings. The molecular weight excluding hydrogens is 230 g/mol. The quantitative estimate of drug-likeness (QED) is 0.827. The standard InChI is InChI=1S/C13H13N3O2/c17-12(11-8-14-16-15-11)3-1-9-2-4-13-10(7-9)5-6-18-13/h2,4,7-8H,1,3,5-6H2,(H,14,15,16). The van der Waals surface area contributed by atoms with E-state index in [0.717, 1.165) is 30.8 Å². The number of aromatic amines is 1. The van der Waals surface area contributed by atoms with Gasteiger partial charge in [0.05, 0.1) is 12.8 Å². The number of aromatic nitrogens is 3. The van der Waals surface area contributed by atoms with E-state index in [1.54, 1.807) is 0 Å². The number of hydrogen-bond acceptors (Lipinski definition) is 4. The molecule has 1 aromatic carbocycles. The molecule has 5 heteroatoms. The van der Waals surface area contributed by atoms with E-state index < -0.39 is 0 Å². The van der Waals surface area contributed by atoms with Gasteiger partial charge in [-0.3, -0.25) is 4.79 Å². The molecule has 0 amide bonds. The van der Waals surface area contributed by atoms with Crippen molar-refractivity contribution in [2.24, 2.45) is 0 Å². The fourth-order valence-electron chi connectivity index (χ4n) is 2.12. The lowest BCUT2D eigenvalue weighted by atomic mass is 10.0. The lowest BCUT2D eigenvalue weighted by molar-refractivity contribution is 0.0978. The summed E-state index contributed by atoms with van der Waals surface area (Å²) in [6, 6.07) is 6.12. The highest BCUT2D eigenvalue weighted by Crippen LogP contribution is 2.26. The molecule has 3 rings (SSSR count). The minimum absolute atomic E-state index is 0.0144. The van der Waals surface area contributed by atoms with E-state index in [2.05, 4.69) is 21.5 Å². The summed E-state index contributed by atoms with van der Waals surface area (Å²) >= 11 is 0. The van der Waals surface area contributed by atoms with Crippen LogP contribution in [0.1, 0.15) is 28.0 Å². The van der Waals surface area contributed by atoms with Crippen molar-refractivity contribution in [1.29, 1.82) is 0 Å². The second kappa shape index (κ2) is 4.60. The van der Waals surface area contributed by atoms with Crippen LogP contribution in [0.15, 0.2) is 24.4 Å². The molecule has 0 atom stereocenters. The first-order valence-corrected chi connectivity index (χ1v) is 5.96. The smallest absolute Gasteiger partial charge is 0.185 e. The predicted molar refractivity (Wildman–Crippen MR) is 64.7 cm³/mol. The number of rotatable bonds is 4. The van der Waals surface area contributed by atoms with Crippen molar-refractivity contribution in [2.75, 3.05) is 6.61 Å². The largest absolute Gasteiger partial charge is 0.493 e. The number of carbonyl (C=O) groups is 1. The van der Waals surface area contributed by atoms with E-state index in [9.17, 15) is 4.79 Å². The van der Waals surface area contributed by atoms with Crippen LogP contribution in [-0.2, 0) is 12.8 Å². The SMILES string of the molecule is O=C(CCc1ccc2c(c1)CCO2)c1cn[nH]n1. The molecular formula is C13H13N3O2. The monoisotopic (exact) mass is 243 g/mol. The van der Waals surface area contributed by atoms with Crippen LogP contribution in [0.5, 0.6) is 5.75 Å². The summed E-state index contributed by atoms with van der Waals surface area (Å²) in [6.45, 7) is 0.761. The number of nitrogens with one attached hydrogen (secondary N) is 1. The lowest BCUT2D eigenvalue weighted by Gasteiger charge is -2.03. The van der Waals surface area contributed by atoms with Crippen molar-refractivity contribution in [1.82, 2.24) is 15.4 Å². The van der Waals surface area contributed by atoms with Crippen molar-refractivity contribution in [3.8, 4) is 5.75 Å². The number of benzene rings is 1. The highest BCUT2D eigenvalue weighted by molar-refractivity contribution is 5.93. The second-order valence-corrected chi connectivity index (χ2v) is 4.32. The van der Waals surface area contributed by atoms with Gasteiger partial charge in [0.1, 0.15) is 11.4 Å². The van der Waals surface area contributed by atoms with Gasteiger partial charge in [-0.05, 0) is 23.6 Å². The van der Waals surface area contributed by atoms with Gasteiger partial charge in [-0.25, -0.2) is 0 Å². The van der Waals surface area contributed by atoms with E-state index in [4.69, 9.17) is 4.74 Å². The summed E-state index contributed by atoms with van der Waals surface area (Å²) in [5.74, 6) is 0.988. The van der Waals surface area contributed by atoms with Crippen molar-refractivity contribution < 1.29 is 9.53 Å². The Hall–Kier alpha value is -2.17. The predicted octanol–water partition coefficient (Wildman–Crippen LogP) is 1.56. The second-order valence-electron chi connectivity index (χ2n) is 4.32. The summed E-state index contributed by atoms with van der Waals surface area (Å²) in [5.41, 5.74) is 2.80. The van der Waals surface area contributed by atoms with Crippen LogP contribution < -0.4 is 4.74 Å². The number of fused-ring (bicyclic) bond motifs is 1. The van der Waals surface area contributed by atoms with Gasteiger partial charge in [-0.1, -0.05) is 12.1 Å². The Morgan fingerprint density at radius 1 is 1.44 bits per heavy atom. The van der Waals surface area contributed by atoms with Gasteiger partial charge in [0.15, 0.2) is 5.78 Å². The van der Waals surface area contributed by atoms with Crippen LogP contribution in [0.25, 0.3) is 0 Å². The summed E-state index contributed by atoms with van der Waals surface area (Å²) in [5, 5.41) is 9.86. The number of aryl methyl sites for hydroxylation is 1. The third-order valence-electron chi connectivity index (χ3n) is 3.10. The number of hydrogen-bond donors (Lipinski definition) is 1. The Morgan fingerprint density at radius 3 is 3.22 bits per heavy atom. The van der Waals surface area contributed by atoms with Crippen molar-refractivity contribution in [3.05, 3.63) is 41.2 Å². The molecule has 2 aromatic rings. The highest BCUT2D eigenvalue weighted by Gasteiger charge is 2.13. The van der Waals surface area contributed by atoms with E-state index in [1.165, 1.54) is 11.8 Å². The third-order valence-corrected chi connectivity index (χ3v) is 3.10. The van der Waals surface area contributed by atoms with Gasteiger partial charge < -0.3 is 4.74 Å². The average molecular weight is 243 g/mol. The Balaban J connectivity index is 1.65. The Labute approximate surface area is 104 Å². The molecule has 0 spiro atoms. The molecule has 0 unspecified atom stereocenters. The van der Waals surface area contributed by atoms with Crippen LogP contribution in [0, 0.1) is 0 Å². The number of nitrogens with zero attached hydrogens (tertiary/aromatic N) is 2. The van der Waals surface area contributed by atoms with E-state index in [1.807, 2.05) is 12.1 Å². The van der Waals surface area contributed by atoms with Crippen LogP contribution in [0.4, 0.5) is 0 Å². The van der Waals surface area contributed by atoms with Crippen molar-refractivity contribution >= 4 is 5.78 Å². The van der Waals surface area contributed by atoms with Crippen LogP contribution in [0.2, 0.25) is 0 Å². The molecule has 1 aromatic heterocycles. The minimum Gasteiger partial charge on any atom is -0.493 e.